The van der Waals surface area contributed by atoms with Crippen molar-refractivity contribution in [1.29, 1.82) is 0 Å². The minimum Gasteiger partial charge on any atom is -0.306 e. The lowest BCUT2D eigenvalue weighted by molar-refractivity contribution is -0.384. The Balaban J connectivity index is 1.84. The quantitative estimate of drug-likeness (QED) is 0.622. The third-order valence-corrected chi connectivity index (χ3v) is 4.54. The van der Waals surface area contributed by atoms with Crippen LogP contribution in [0.1, 0.15) is 19.3 Å². The number of nitro benzene ring substituents is 1. The van der Waals surface area contributed by atoms with Crippen molar-refractivity contribution in [2.24, 2.45) is 0 Å². The second-order valence-electron chi connectivity index (χ2n) is 6.01. The van der Waals surface area contributed by atoms with E-state index >= 15 is 0 Å². The first-order valence-corrected chi connectivity index (χ1v) is 8.79. The number of nitrogens with zero attached hydrogens (tertiary/aromatic N) is 3. The molecular weight excluding hydrogens is 356 g/mol. The number of hydrogen-bond donors (Lipinski definition) is 1. The van der Waals surface area contributed by atoms with Crippen LogP contribution in [0.5, 0.6) is 0 Å². The fraction of sp³-hybridized carbons (Fsp3) is 0.278. The highest BCUT2D eigenvalue weighted by Gasteiger charge is 2.26. The zero-order valence-electron chi connectivity index (χ0n) is 14.1. The van der Waals surface area contributed by atoms with Crippen molar-refractivity contribution in [3.05, 3.63) is 63.7 Å². The number of hydrogen-bond acceptors (Lipinski definition) is 4. The van der Waals surface area contributed by atoms with Crippen LogP contribution in [0.15, 0.2) is 48.5 Å². The summed E-state index contributed by atoms with van der Waals surface area (Å²) in [6.45, 7) is 1.53. The number of carbonyl (C=O) groups excluding carboxylic acids is 1. The Kier molecular flexibility index (Phi) is 5.70. The van der Waals surface area contributed by atoms with E-state index in [-0.39, 0.29) is 11.7 Å². The number of urea groups is 1. The van der Waals surface area contributed by atoms with Crippen LogP contribution in [-0.4, -0.2) is 29.1 Å². The number of benzene rings is 2. The summed E-state index contributed by atoms with van der Waals surface area (Å²) in [4.78, 5) is 23.2. The Labute approximate surface area is 156 Å². The summed E-state index contributed by atoms with van der Waals surface area (Å²) >= 11 is 6.32. The van der Waals surface area contributed by atoms with Crippen molar-refractivity contribution < 1.29 is 9.72 Å². The Morgan fingerprint density at radius 1 is 1.08 bits per heavy atom. The zero-order chi connectivity index (χ0) is 18.5. The highest BCUT2D eigenvalue weighted by Crippen LogP contribution is 2.29. The number of non-ortho nitro benzene ring substituents is 1. The Bertz CT molecular complexity index is 791. The molecule has 0 saturated carbocycles. The number of rotatable bonds is 4. The summed E-state index contributed by atoms with van der Waals surface area (Å²) < 4.78 is 0. The van der Waals surface area contributed by atoms with E-state index in [0.29, 0.717) is 16.4 Å². The predicted octanol–water partition coefficient (Wildman–Crippen LogP) is 4.69. The monoisotopic (exact) mass is 374 g/mol. The van der Waals surface area contributed by atoms with Gasteiger partial charge in [0.05, 0.1) is 15.6 Å². The van der Waals surface area contributed by atoms with Gasteiger partial charge in [-0.2, -0.15) is 0 Å². The van der Waals surface area contributed by atoms with Crippen LogP contribution in [0.2, 0.25) is 5.02 Å². The van der Waals surface area contributed by atoms with Crippen LogP contribution >= 0.6 is 11.6 Å². The lowest BCUT2D eigenvalue weighted by Crippen LogP contribution is -2.51. The molecule has 1 saturated heterocycles. The lowest BCUT2D eigenvalue weighted by atomic mass is 10.1. The van der Waals surface area contributed by atoms with Crippen molar-refractivity contribution in [3.8, 4) is 0 Å². The molecule has 2 aromatic carbocycles. The summed E-state index contributed by atoms with van der Waals surface area (Å²) in [5.41, 5.74) is 1.06. The lowest BCUT2D eigenvalue weighted by Gasteiger charge is -2.37. The molecule has 1 N–H and O–H groups in total. The Morgan fingerprint density at radius 2 is 1.73 bits per heavy atom. The largest absolute Gasteiger partial charge is 0.341 e. The topological polar surface area (TPSA) is 78.7 Å². The minimum absolute atomic E-state index is 0.0259. The first-order chi connectivity index (χ1) is 12.6. The van der Waals surface area contributed by atoms with Crippen LogP contribution in [0.25, 0.3) is 0 Å². The normalized spacial score (nSPS) is 14.7. The molecular formula is C18H19ClN4O3. The molecule has 0 spiro atoms. The van der Waals surface area contributed by atoms with E-state index in [1.165, 1.54) is 24.3 Å². The number of anilines is 2. The SMILES string of the molecule is O=C(Nc1ccc([N+](=O)[O-])cc1)N(c1ccccc1Cl)N1CCCCC1. The molecule has 7 nitrogen and oxygen atoms in total. The molecule has 1 fully saturated rings. The van der Waals surface area contributed by atoms with Crippen LogP contribution < -0.4 is 10.3 Å². The fourth-order valence-corrected chi connectivity index (χ4v) is 3.15. The van der Waals surface area contributed by atoms with Crippen LogP contribution in [0.3, 0.4) is 0 Å². The molecule has 8 heteroatoms. The standard InChI is InChI=1S/C18H19ClN4O3/c19-16-6-2-3-7-17(16)22(21-12-4-1-5-13-21)18(24)20-14-8-10-15(11-9-14)23(25)26/h2-3,6-11H,1,4-5,12-13H2,(H,20,24). The van der Waals surface area contributed by atoms with E-state index < -0.39 is 4.92 Å². The van der Waals surface area contributed by atoms with Crippen LogP contribution in [0, 0.1) is 10.1 Å². The number of carbonyl (C=O) groups is 1. The van der Waals surface area contributed by atoms with Crippen LogP contribution in [0.4, 0.5) is 21.9 Å². The van der Waals surface area contributed by atoms with E-state index in [1.54, 1.807) is 17.1 Å². The highest BCUT2D eigenvalue weighted by molar-refractivity contribution is 6.33. The van der Waals surface area contributed by atoms with Gasteiger partial charge in [0.2, 0.25) is 0 Å². The fourth-order valence-electron chi connectivity index (χ4n) is 2.93. The molecule has 3 rings (SSSR count). The summed E-state index contributed by atoms with van der Waals surface area (Å²) in [7, 11) is 0. The van der Waals surface area contributed by atoms with Crippen molar-refractivity contribution in [2.75, 3.05) is 23.4 Å². The van der Waals surface area contributed by atoms with Gasteiger partial charge in [-0.3, -0.25) is 10.1 Å². The molecule has 0 aliphatic carbocycles. The van der Waals surface area contributed by atoms with Gasteiger partial charge < -0.3 is 5.32 Å². The molecule has 2 amide bonds. The molecule has 0 radical (unpaired) electrons. The molecule has 1 heterocycles. The maximum absolute atomic E-state index is 13.0. The van der Waals surface area contributed by atoms with E-state index in [2.05, 4.69) is 5.32 Å². The number of para-hydroxylation sites is 1. The van der Waals surface area contributed by atoms with Gasteiger partial charge in [0.1, 0.15) is 0 Å². The first-order valence-electron chi connectivity index (χ1n) is 8.41. The van der Waals surface area contributed by atoms with Gasteiger partial charge in [0.25, 0.3) is 5.69 Å². The highest BCUT2D eigenvalue weighted by atomic mass is 35.5. The van der Waals surface area contributed by atoms with Gasteiger partial charge in [0, 0.05) is 30.9 Å². The zero-order valence-corrected chi connectivity index (χ0v) is 14.9. The molecule has 0 bridgehead atoms. The second-order valence-corrected chi connectivity index (χ2v) is 6.42. The maximum Gasteiger partial charge on any atom is 0.341 e. The van der Waals surface area contributed by atoms with Gasteiger partial charge >= 0.3 is 6.03 Å². The number of hydrazine groups is 1. The molecule has 26 heavy (non-hydrogen) atoms. The summed E-state index contributed by atoms with van der Waals surface area (Å²) in [5, 5.41) is 17.6. The van der Waals surface area contributed by atoms with Crippen LogP contribution in [-0.2, 0) is 0 Å². The second kappa shape index (κ2) is 8.16. The van der Waals surface area contributed by atoms with Crippen molar-refractivity contribution >= 4 is 34.7 Å². The average molecular weight is 375 g/mol. The number of nitrogens with one attached hydrogen (secondary N) is 1. The van der Waals surface area contributed by atoms with Gasteiger partial charge in [-0.1, -0.05) is 30.2 Å². The van der Waals surface area contributed by atoms with Crippen molar-refractivity contribution in [1.82, 2.24) is 5.01 Å². The van der Waals surface area contributed by atoms with E-state index in [0.717, 1.165) is 32.4 Å². The third kappa shape index (κ3) is 4.12. The number of piperidine rings is 1. The molecule has 0 unspecified atom stereocenters. The van der Waals surface area contributed by atoms with Gasteiger partial charge in [-0.05, 0) is 37.1 Å². The Morgan fingerprint density at radius 3 is 2.35 bits per heavy atom. The van der Waals surface area contributed by atoms with E-state index in [9.17, 15) is 14.9 Å². The third-order valence-electron chi connectivity index (χ3n) is 4.22. The van der Waals surface area contributed by atoms with Gasteiger partial charge in [-0.15, -0.1) is 0 Å². The molecule has 1 aliphatic heterocycles. The molecule has 0 atom stereocenters. The van der Waals surface area contributed by atoms with Crippen molar-refractivity contribution in [3.63, 3.8) is 0 Å². The average Bonchev–Trinajstić information content (AvgIpc) is 2.65. The number of amides is 2. The molecule has 0 aromatic heterocycles. The maximum atomic E-state index is 13.0. The molecule has 2 aromatic rings. The van der Waals surface area contributed by atoms with Gasteiger partial charge in [0.15, 0.2) is 0 Å². The first kappa shape index (κ1) is 18.2. The summed E-state index contributed by atoms with van der Waals surface area (Å²) in [6, 6.07) is 12.6. The van der Waals surface area contributed by atoms with Gasteiger partial charge in [-0.25, -0.2) is 14.8 Å². The minimum atomic E-state index is -0.477. The van der Waals surface area contributed by atoms with Crippen molar-refractivity contribution in [2.45, 2.75) is 19.3 Å². The number of halogens is 1. The summed E-state index contributed by atoms with van der Waals surface area (Å²) in [5.74, 6) is 0. The predicted molar refractivity (Wildman–Crippen MR) is 101 cm³/mol. The number of nitro groups is 1. The molecule has 136 valence electrons. The smallest absolute Gasteiger partial charge is 0.306 e. The Hall–Kier alpha value is -2.64. The summed E-state index contributed by atoms with van der Waals surface area (Å²) in [6.07, 6.45) is 3.15. The van der Waals surface area contributed by atoms with E-state index in [4.69, 9.17) is 11.6 Å². The molecule has 1 aliphatic rings. The van der Waals surface area contributed by atoms with E-state index in [1.807, 2.05) is 17.1 Å².